The maximum Gasteiger partial charge on any atom is 0.295 e. The molecule has 102 valence electrons. The van der Waals surface area contributed by atoms with E-state index in [0.29, 0.717) is 29.7 Å². The van der Waals surface area contributed by atoms with Crippen molar-refractivity contribution in [2.24, 2.45) is 0 Å². The molecule has 7 heteroatoms. The van der Waals surface area contributed by atoms with E-state index in [9.17, 15) is 10.1 Å². The monoisotopic (exact) mass is 264 g/mol. The molecule has 0 radical (unpaired) electrons. The highest BCUT2D eigenvalue weighted by Gasteiger charge is 2.12. The van der Waals surface area contributed by atoms with E-state index in [1.807, 2.05) is 14.1 Å². The second-order valence-electron chi connectivity index (χ2n) is 4.62. The van der Waals surface area contributed by atoms with Crippen LogP contribution in [0.15, 0.2) is 22.6 Å². The number of rotatable bonds is 5. The zero-order valence-corrected chi connectivity index (χ0v) is 11.1. The lowest BCUT2D eigenvalue weighted by Crippen LogP contribution is -2.31. The van der Waals surface area contributed by atoms with E-state index in [0.717, 1.165) is 0 Å². The first-order valence-electron chi connectivity index (χ1n) is 5.92. The minimum atomic E-state index is -0.449. The number of benzene rings is 1. The van der Waals surface area contributed by atoms with Crippen molar-refractivity contribution in [2.45, 2.75) is 13.0 Å². The van der Waals surface area contributed by atoms with Crippen molar-refractivity contribution in [3.8, 4) is 0 Å². The Hall–Kier alpha value is -2.15. The van der Waals surface area contributed by atoms with Crippen LogP contribution in [-0.4, -0.2) is 41.5 Å². The zero-order chi connectivity index (χ0) is 14.0. The highest BCUT2D eigenvalue weighted by Crippen LogP contribution is 2.23. The van der Waals surface area contributed by atoms with E-state index in [-0.39, 0.29) is 5.69 Å². The average molecular weight is 264 g/mol. The predicted molar refractivity (Wildman–Crippen MR) is 72.3 cm³/mol. The molecule has 0 spiro atoms. The first-order chi connectivity index (χ1) is 8.97. The third-order valence-electron chi connectivity index (χ3n) is 3.01. The minimum absolute atomic E-state index is 0.00834. The second-order valence-corrected chi connectivity index (χ2v) is 4.62. The molecule has 1 aromatic heterocycles. The van der Waals surface area contributed by atoms with Gasteiger partial charge in [0.2, 0.25) is 0 Å². The Morgan fingerprint density at radius 1 is 1.53 bits per heavy atom. The molecule has 1 atom stereocenters. The fraction of sp³-hybridized carbons (Fsp3) is 0.417. The number of anilines is 1. The van der Waals surface area contributed by atoms with Gasteiger partial charge in [-0.15, -0.1) is 0 Å². The number of oxazole rings is 1. The number of nitrogens with zero attached hydrogens (tertiary/aromatic N) is 3. The van der Waals surface area contributed by atoms with E-state index in [1.54, 1.807) is 6.07 Å². The van der Waals surface area contributed by atoms with Crippen LogP contribution in [0, 0.1) is 10.1 Å². The van der Waals surface area contributed by atoms with Crippen molar-refractivity contribution < 1.29 is 9.34 Å². The summed E-state index contributed by atoms with van der Waals surface area (Å²) < 4.78 is 5.47. The van der Waals surface area contributed by atoms with Crippen molar-refractivity contribution in [2.75, 3.05) is 26.0 Å². The van der Waals surface area contributed by atoms with Crippen LogP contribution < -0.4 is 5.32 Å². The molecule has 0 saturated carbocycles. The fourth-order valence-corrected chi connectivity index (χ4v) is 1.52. The number of hydrogen-bond donors (Lipinski definition) is 1. The number of non-ortho nitro benzene ring substituents is 1. The Balaban J connectivity index is 2.15. The number of hydrogen-bond acceptors (Lipinski definition) is 6. The van der Waals surface area contributed by atoms with Gasteiger partial charge in [-0.25, -0.2) is 0 Å². The summed E-state index contributed by atoms with van der Waals surface area (Å²) in [6.45, 7) is 2.75. The molecule has 0 aliphatic heterocycles. The summed E-state index contributed by atoms with van der Waals surface area (Å²) in [5, 5.41) is 13.7. The van der Waals surface area contributed by atoms with Gasteiger partial charge in [0.25, 0.3) is 11.7 Å². The standard InChI is InChI=1S/C12H16N4O3/c1-8(15(2)3)7-13-12-14-10-6-9(16(17)18)4-5-11(10)19-12/h4-6,8H,7H2,1-3H3,(H,13,14). The number of nitro groups is 1. The van der Waals surface area contributed by atoms with Gasteiger partial charge in [0.05, 0.1) is 4.92 Å². The van der Waals surface area contributed by atoms with Crippen LogP contribution in [0.25, 0.3) is 11.1 Å². The van der Waals surface area contributed by atoms with Gasteiger partial charge < -0.3 is 14.6 Å². The topological polar surface area (TPSA) is 84.4 Å². The number of nitrogens with one attached hydrogen (secondary N) is 1. The Morgan fingerprint density at radius 2 is 2.26 bits per heavy atom. The van der Waals surface area contributed by atoms with E-state index in [2.05, 4.69) is 22.1 Å². The van der Waals surface area contributed by atoms with E-state index >= 15 is 0 Å². The van der Waals surface area contributed by atoms with Crippen LogP contribution in [0.5, 0.6) is 0 Å². The molecule has 0 fully saturated rings. The van der Waals surface area contributed by atoms with Gasteiger partial charge in [-0.2, -0.15) is 4.98 Å². The molecule has 2 aromatic rings. The Labute approximate surface area is 110 Å². The first-order valence-corrected chi connectivity index (χ1v) is 5.92. The maximum atomic E-state index is 10.7. The molecule has 2 rings (SSSR count). The Bertz CT molecular complexity index is 594. The lowest BCUT2D eigenvalue weighted by molar-refractivity contribution is -0.384. The average Bonchev–Trinajstić information content (AvgIpc) is 2.77. The van der Waals surface area contributed by atoms with Crippen LogP contribution in [0.4, 0.5) is 11.7 Å². The zero-order valence-electron chi connectivity index (χ0n) is 11.1. The van der Waals surface area contributed by atoms with Gasteiger partial charge in [-0.3, -0.25) is 10.1 Å². The molecule has 19 heavy (non-hydrogen) atoms. The van der Waals surface area contributed by atoms with E-state index < -0.39 is 4.92 Å². The molecule has 0 aliphatic carbocycles. The van der Waals surface area contributed by atoms with Crippen LogP contribution in [0.2, 0.25) is 0 Å². The van der Waals surface area contributed by atoms with Gasteiger partial charge in [-0.05, 0) is 27.1 Å². The van der Waals surface area contributed by atoms with Crippen LogP contribution in [0.1, 0.15) is 6.92 Å². The molecule has 0 aliphatic rings. The predicted octanol–water partition coefficient (Wildman–Crippen LogP) is 2.10. The maximum absolute atomic E-state index is 10.7. The second kappa shape index (κ2) is 5.23. The molecule has 0 bridgehead atoms. The molecular weight excluding hydrogens is 248 g/mol. The van der Waals surface area contributed by atoms with Gasteiger partial charge in [0, 0.05) is 24.7 Å². The number of nitro benzene ring substituents is 1. The highest BCUT2D eigenvalue weighted by molar-refractivity contribution is 5.77. The summed E-state index contributed by atoms with van der Waals surface area (Å²) in [5.74, 6) is 0. The first kappa shape index (κ1) is 13.3. The summed E-state index contributed by atoms with van der Waals surface area (Å²) in [7, 11) is 3.98. The van der Waals surface area contributed by atoms with Crippen molar-refractivity contribution in [3.63, 3.8) is 0 Å². The lowest BCUT2D eigenvalue weighted by Gasteiger charge is -2.19. The van der Waals surface area contributed by atoms with Gasteiger partial charge in [0.1, 0.15) is 5.52 Å². The van der Waals surface area contributed by atoms with Crippen LogP contribution >= 0.6 is 0 Å². The van der Waals surface area contributed by atoms with Crippen molar-refractivity contribution in [1.29, 1.82) is 0 Å². The summed E-state index contributed by atoms with van der Waals surface area (Å²) >= 11 is 0. The number of aromatic nitrogens is 1. The van der Waals surface area contributed by atoms with Gasteiger partial charge in [-0.1, -0.05) is 0 Å². The molecule has 1 heterocycles. The van der Waals surface area contributed by atoms with Crippen LogP contribution in [0.3, 0.4) is 0 Å². The minimum Gasteiger partial charge on any atom is -0.424 e. The number of fused-ring (bicyclic) bond motifs is 1. The molecule has 1 aromatic carbocycles. The summed E-state index contributed by atoms with van der Waals surface area (Å²) in [6.07, 6.45) is 0. The Kier molecular flexibility index (Phi) is 3.66. The largest absolute Gasteiger partial charge is 0.424 e. The quantitative estimate of drug-likeness (QED) is 0.657. The summed E-state index contributed by atoms with van der Waals surface area (Å²) in [6, 6.07) is 5.06. The third-order valence-corrected chi connectivity index (χ3v) is 3.01. The SMILES string of the molecule is CC(CNc1nc2cc([N+](=O)[O-])ccc2o1)N(C)C. The van der Waals surface area contributed by atoms with Gasteiger partial charge in [0.15, 0.2) is 5.58 Å². The smallest absolute Gasteiger partial charge is 0.295 e. The lowest BCUT2D eigenvalue weighted by atomic mass is 10.3. The fourth-order valence-electron chi connectivity index (χ4n) is 1.52. The Morgan fingerprint density at radius 3 is 2.89 bits per heavy atom. The van der Waals surface area contributed by atoms with Crippen molar-refractivity contribution in [3.05, 3.63) is 28.3 Å². The highest BCUT2D eigenvalue weighted by atomic mass is 16.6. The molecule has 0 saturated heterocycles. The molecule has 1 unspecified atom stereocenters. The summed E-state index contributed by atoms with van der Waals surface area (Å²) in [5.41, 5.74) is 1.02. The molecule has 1 N–H and O–H groups in total. The normalized spacial score (nSPS) is 12.8. The third kappa shape index (κ3) is 3.00. The molecule has 0 amide bonds. The van der Waals surface area contributed by atoms with Crippen molar-refractivity contribution >= 4 is 22.8 Å². The molecule has 7 nitrogen and oxygen atoms in total. The molecular formula is C12H16N4O3. The van der Waals surface area contributed by atoms with Crippen LogP contribution in [-0.2, 0) is 0 Å². The number of likely N-dealkylation sites (N-methyl/N-ethyl adjacent to an activating group) is 1. The summed E-state index contributed by atoms with van der Waals surface area (Å²) in [4.78, 5) is 16.5. The van der Waals surface area contributed by atoms with Gasteiger partial charge >= 0.3 is 0 Å². The van der Waals surface area contributed by atoms with E-state index in [1.165, 1.54) is 12.1 Å². The van der Waals surface area contributed by atoms with E-state index in [4.69, 9.17) is 4.42 Å². The van der Waals surface area contributed by atoms with Crippen molar-refractivity contribution in [1.82, 2.24) is 9.88 Å².